The van der Waals surface area contributed by atoms with Gasteiger partial charge in [0.05, 0.1) is 5.56 Å². The zero-order chi connectivity index (χ0) is 17.9. The number of carbonyl (C=O) groups is 1. The van der Waals surface area contributed by atoms with E-state index >= 15 is 0 Å². The van der Waals surface area contributed by atoms with Gasteiger partial charge in [-0.1, -0.05) is 44.2 Å². The third-order valence-electron chi connectivity index (χ3n) is 3.61. The minimum atomic E-state index is -0.142. The maximum Gasteiger partial charge on any atom is 0.255 e. The van der Waals surface area contributed by atoms with Gasteiger partial charge in [-0.3, -0.25) is 4.79 Å². The second-order valence-electron chi connectivity index (χ2n) is 5.09. The number of carbonyl (C=O) groups excluding carboxylic acids is 1. The highest BCUT2D eigenvalue weighted by atomic mass is 16.1. The summed E-state index contributed by atoms with van der Waals surface area (Å²) in [6.07, 6.45) is 2.52. The van der Waals surface area contributed by atoms with Gasteiger partial charge in [0.1, 0.15) is 5.82 Å². The molecule has 0 fully saturated rings. The van der Waals surface area contributed by atoms with E-state index in [9.17, 15) is 4.79 Å². The SMILES string of the molecule is CC.CNc1ncc(C)c(CN)c1C(=O)NCCc1ccccc1. The van der Waals surface area contributed by atoms with Crippen molar-refractivity contribution in [2.75, 3.05) is 18.9 Å². The van der Waals surface area contributed by atoms with Crippen LogP contribution in [0.15, 0.2) is 36.5 Å². The average molecular weight is 328 g/mol. The Morgan fingerprint density at radius 1 is 1.21 bits per heavy atom. The van der Waals surface area contributed by atoms with Gasteiger partial charge >= 0.3 is 0 Å². The Hall–Kier alpha value is -2.40. The second kappa shape index (κ2) is 10.4. The molecule has 0 saturated carbocycles. The Kier molecular flexibility index (Phi) is 8.50. The summed E-state index contributed by atoms with van der Waals surface area (Å²) in [5.74, 6) is 0.417. The molecule has 0 bridgehead atoms. The molecule has 4 N–H and O–H groups in total. The summed E-state index contributed by atoms with van der Waals surface area (Å²) >= 11 is 0. The number of hydrogen-bond acceptors (Lipinski definition) is 4. The zero-order valence-electron chi connectivity index (χ0n) is 15.0. The maximum atomic E-state index is 12.5. The first-order valence-corrected chi connectivity index (χ1v) is 8.35. The molecule has 0 radical (unpaired) electrons. The molecule has 130 valence electrons. The van der Waals surface area contributed by atoms with Crippen molar-refractivity contribution in [1.29, 1.82) is 0 Å². The highest BCUT2D eigenvalue weighted by Gasteiger charge is 2.18. The lowest BCUT2D eigenvalue weighted by Gasteiger charge is -2.15. The van der Waals surface area contributed by atoms with Crippen molar-refractivity contribution in [2.45, 2.75) is 33.7 Å². The molecule has 0 aliphatic carbocycles. The molecule has 2 aromatic rings. The van der Waals surface area contributed by atoms with E-state index in [4.69, 9.17) is 5.73 Å². The van der Waals surface area contributed by atoms with Crippen LogP contribution in [0.4, 0.5) is 5.82 Å². The molecule has 0 atom stereocenters. The molecule has 1 aromatic carbocycles. The third-order valence-corrected chi connectivity index (χ3v) is 3.61. The first kappa shape index (κ1) is 19.6. The summed E-state index contributed by atoms with van der Waals surface area (Å²) in [5, 5.41) is 5.91. The standard InChI is InChI=1S/C17H22N4O.C2H6/c1-12-11-21-16(19-2)15(14(12)10-18)17(22)20-9-8-13-6-4-3-5-7-13;1-2/h3-7,11H,8-10,18H2,1-2H3,(H,19,21)(H,20,22);1-2H3. The topological polar surface area (TPSA) is 80.0 Å². The molecule has 24 heavy (non-hydrogen) atoms. The van der Waals surface area contributed by atoms with Crippen LogP contribution in [0, 0.1) is 6.92 Å². The summed E-state index contributed by atoms with van der Waals surface area (Å²) in [6, 6.07) is 10.1. The molecule has 0 aliphatic heterocycles. The van der Waals surface area contributed by atoms with Crippen LogP contribution in [0.25, 0.3) is 0 Å². The van der Waals surface area contributed by atoms with Crippen molar-refractivity contribution in [3.05, 3.63) is 58.8 Å². The number of nitrogens with two attached hydrogens (primary N) is 1. The van der Waals surface area contributed by atoms with E-state index in [1.165, 1.54) is 5.56 Å². The van der Waals surface area contributed by atoms with Gasteiger partial charge in [-0.05, 0) is 30.0 Å². The van der Waals surface area contributed by atoms with Crippen LogP contribution in [0.3, 0.4) is 0 Å². The van der Waals surface area contributed by atoms with Crippen LogP contribution in [-0.2, 0) is 13.0 Å². The molecule has 1 aromatic heterocycles. The molecule has 0 aliphatic rings. The van der Waals surface area contributed by atoms with Crippen molar-refractivity contribution >= 4 is 11.7 Å². The van der Waals surface area contributed by atoms with Crippen molar-refractivity contribution < 1.29 is 4.79 Å². The lowest BCUT2D eigenvalue weighted by atomic mass is 10.0. The highest BCUT2D eigenvalue weighted by molar-refractivity contribution is 6.00. The van der Waals surface area contributed by atoms with Gasteiger partial charge in [0.15, 0.2) is 0 Å². The predicted molar refractivity (Wildman–Crippen MR) is 100 cm³/mol. The smallest absolute Gasteiger partial charge is 0.255 e. The maximum absolute atomic E-state index is 12.5. The number of aromatic nitrogens is 1. The van der Waals surface area contributed by atoms with Gasteiger partial charge in [-0.2, -0.15) is 0 Å². The molecule has 0 saturated heterocycles. The summed E-state index contributed by atoms with van der Waals surface area (Å²) in [6.45, 7) is 6.80. The van der Waals surface area contributed by atoms with E-state index in [0.29, 0.717) is 24.5 Å². The van der Waals surface area contributed by atoms with Gasteiger partial charge in [0, 0.05) is 26.3 Å². The third kappa shape index (κ3) is 5.06. The number of rotatable bonds is 6. The highest BCUT2D eigenvalue weighted by Crippen LogP contribution is 2.20. The number of hydrogen-bond donors (Lipinski definition) is 3. The monoisotopic (exact) mass is 328 g/mol. The molecule has 1 amide bonds. The molecule has 0 unspecified atom stereocenters. The summed E-state index contributed by atoms with van der Waals surface area (Å²) < 4.78 is 0. The van der Waals surface area contributed by atoms with Gasteiger partial charge in [-0.25, -0.2) is 4.98 Å². The Bertz CT molecular complexity index is 641. The molecule has 2 rings (SSSR count). The second-order valence-corrected chi connectivity index (χ2v) is 5.09. The van der Waals surface area contributed by atoms with E-state index in [1.807, 2.05) is 51.1 Å². The summed E-state index contributed by atoms with van der Waals surface area (Å²) in [7, 11) is 1.75. The minimum absolute atomic E-state index is 0.142. The normalized spacial score (nSPS) is 9.71. The van der Waals surface area contributed by atoms with E-state index in [-0.39, 0.29) is 5.91 Å². The Morgan fingerprint density at radius 3 is 2.46 bits per heavy atom. The quantitative estimate of drug-likeness (QED) is 0.762. The Labute approximate surface area is 144 Å². The van der Waals surface area contributed by atoms with Gasteiger partial charge in [-0.15, -0.1) is 0 Å². The van der Waals surface area contributed by atoms with Crippen LogP contribution in [-0.4, -0.2) is 24.5 Å². The van der Waals surface area contributed by atoms with Gasteiger partial charge in [0.2, 0.25) is 0 Å². The predicted octanol–water partition coefficient (Wildman–Crippen LogP) is 2.89. The lowest BCUT2D eigenvalue weighted by Crippen LogP contribution is -2.28. The van der Waals surface area contributed by atoms with Gasteiger partial charge < -0.3 is 16.4 Å². The largest absolute Gasteiger partial charge is 0.372 e. The fourth-order valence-corrected chi connectivity index (χ4v) is 2.39. The van der Waals surface area contributed by atoms with Crippen molar-refractivity contribution in [3.63, 3.8) is 0 Å². The van der Waals surface area contributed by atoms with Crippen molar-refractivity contribution in [1.82, 2.24) is 10.3 Å². The number of aryl methyl sites for hydroxylation is 1. The first-order valence-electron chi connectivity index (χ1n) is 8.35. The number of anilines is 1. The van der Waals surface area contributed by atoms with Crippen LogP contribution in [0.2, 0.25) is 0 Å². The number of benzene rings is 1. The molecule has 0 spiro atoms. The first-order chi connectivity index (χ1) is 11.7. The minimum Gasteiger partial charge on any atom is -0.372 e. The molecule has 5 heteroatoms. The zero-order valence-corrected chi connectivity index (χ0v) is 15.0. The van der Waals surface area contributed by atoms with Crippen molar-refractivity contribution in [3.8, 4) is 0 Å². The number of pyridine rings is 1. The fourth-order valence-electron chi connectivity index (χ4n) is 2.39. The Balaban J connectivity index is 0.00000139. The van der Waals surface area contributed by atoms with Crippen LogP contribution in [0.5, 0.6) is 0 Å². The average Bonchev–Trinajstić information content (AvgIpc) is 2.63. The van der Waals surface area contributed by atoms with Gasteiger partial charge in [0.25, 0.3) is 5.91 Å². The van der Waals surface area contributed by atoms with E-state index in [2.05, 4.69) is 15.6 Å². The van der Waals surface area contributed by atoms with Crippen LogP contribution >= 0.6 is 0 Å². The fraction of sp³-hybridized carbons (Fsp3) is 0.368. The number of nitrogens with zero attached hydrogens (tertiary/aromatic N) is 1. The van der Waals surface area contributed by atoms with Crippen LogP contribution in [0.1, 0.15) is 40.9 Å². The molecular weight excluding hydrogens is 300 g/mol. The number of nitrogens with one attached hydrogen (secondary N) is 2. The van der Waals surface area contributed by atoms with Crippen molar-refractivity contribution in [2.24, 2.45) is 5.73 Å². The number of amides is 1. The molecule has 5 nitrogen and oxygen atoms in total. The van der Waals surface area contributed by atoms with E-state index < -0.39 is 0 Å². The summed E-state index contributed by atoms with van der Waals surface area (Å²) in [4.78, 5) is 16.8. The molecule has 1 heterocycles. The molecular formula is C19H28N4O. The summed E-state index contributed by atoms with van der Waals surface area (Å²) in [5.41, 5.74) is 9.29. The van der Waals surface area contributed by atoms with E-state index in [0.717, 1.165) is 17.5 Å². The van der Waals surface area contributed by atoms with E-state index in [1.54, 1.807) is 13.2 Å². The Morgan fingerprint density at radius 2 is 1.88 bits per heavy atom. The van der Waals surface area contributed by atoms with Crippen LogP contribution < -0.4 is 16.4 Å². The lowest BCUT2D eigenvalue weighted by molar-refractivity contribution is 0.0953.